The number of Topliss-reactive ketones (excluding diaryl/α,β-unsaturated/α-hetero) is 1. The molecular weight excluding hydrogens is 186 g/mol. The Morgan fingerprint density at radius 1 is 1.57 bits per heavy atom. The topological polar surface area (TPSA) is 82.7 Å². The summed E-state index contributed by atoms with van der Waals surface area (Å²) in [5.41, 5.74) is 0. The average molecular weight is 199 g/mol. The van der Waals surface area contributed by atoms with Crippen molar-refractivity contribution in [3.63, 3.8) is 0 Å². The molecule has 1 rings (SSSR count). The zero-order valence-corrected chi connectivity index (χ0v) is 7.64. The maximum absolute atomic E-state index is 11.3. The fraction of sp³-hybridized carbons (Fsp3) is 0.444. The van der Waals surface area contributed by atoms with E-state index in [2.05, 4.69) is 5.32 Å². The van der Waals surface area contributed by atoms with Gasteiger partial charge in [-0.15, -0.1) is 0 Å². The molecule has 0 saturated carbocycles. The van der Waals surface area contributed by atoms with Crippen molar-refractivity contribution in [3.05, 3.63) is 24.2 Å². The van der Waals surface area contributed by atoms with Crippen molar-refractivity contribution in [3.8, 4) is 0 Å². The highest BCUT2D eigenvalue weighted by molar-refractivity contribution is 5.93. The monoisotopic (exact) mass is 199 g/mol. The Hall–Kier alpha value is -1.17. The highest BCUT2D eigenvalue weighted by atomic mass is 16.5. The van der Waals surface area contributed by atoms with E-state index in [-0.39, 0.29) is 18.7 Å². The summed E-state index contributed by atoms with van der Waals surface area (Å²) >= 11 is 0. The summed E-state index contributed by atoms with van der Waals surface area (Å²) in [6.45, 7) is 0.461. The van der Waals surface area contributed by atoms with Crippen LogP contribution in [0.3, 0.4) is 0 Å². The van der Waals surface area contributed by atoms with Gasteiger partial charge in [-0.2, -0.15) is 0 Å². The zero-order valence-electron chi connectivity index (χ0n) is 7.64. The number of rotatable bonds is 6. The van der Waals surface area contributed by atoms with Crippen LogP contribution in [0.15, 0.2) is 22.8 Å². The molecule has 1 aromatic rings. The van der Waals surface area contributed by atoms with E-state index in [0.29, 0.717) is 12.3 Å². The van der Waals surface area contributed by atoms with E-state index in [1.807, 2.05) is 0 Å². The van der Waals surface area contributed by atoms with Gasteiger partial charge < -0.3 is 19.9 Å². The van der Waals surface area contributed by atoms with Crippen molar-refractivity contribution in [2.24, 2.45) is 0 Å². The van der Waals surface area contributed by atoms with E-state index in [4.69, 9.17) is 14.6 Å². The Labute approximate surface area is 81.4 Å². The second kappa shape index (κ2) is 5.54. The minimum absolute atomic E-state index is 0.0609. The van der Waals surface area contributed by atoms with Crippen molar-refractivity contribution in [2.45, 2.75) is 12.7 Å². The third-order valence-electron chi connectivity index (χ3n) is 1.65. The lowest BCUT2D eigenvalue weighted by Crippen LogP contribution is -2.28. The van der Waals surface area contributed by atoms with Gasteiger partial charge >= 0.3 is 0 Å². The van der Waals surface area contributed by atoms with Crippen molar-refractivity contribution < 1.29 is 19.4 Å². The van der Waals surface area contributed by atoms with Gasteiger partial charge in [0.15, 0.2) is 17.8 Å². The van der Waals surface area contributed by atoms with Crippen LogP contribution < -0.4 is 5.32 Å². The van der Waals surface area contributed by atoms with Crippen LogP contribution in [0.4, 0.5) is 0 Å². The molecule has 3 N–H and O–H groups in total. The van der Waals surface area contributed by atoms with E-state index >= 15 is 0 Å². The van der Waals surface area contributed by atoms with Gasteiger partial charge in [-0.25, -0.2) is 0 Å². The van der Waals surface area contributed by atoms with Gasteiger partial charge in [0, 0.05) is 19.5 Å². The van der Waals surface area contributed by atoms with Gasteiger partial charge in [0.1, 0.15) is 0 Å². The number of furan rings is 1. The molecule has 0 aliphatic carbocycles. The average Bonchev–Trinajstić information content (AvgIpc) is 2.64. The molecule has 0 aliphatic rings. The van der Waals surface area contributed by atoms with Crippen molar-refractivity contribution >= 4 is 5.78 Å². The molecule has 5 heteroatoms. The molecule has 5 nitrogen and oxygen atoms in total. The van der Waals surface area contributed by atoms with Crippen LogP contribution in [-0.4, -0.2) is 35.4 Å². The summed E-state index contributed by atoms with van der Waals surface area (Å²) in [4.78, 5) is 11.3. The van der Waals surface area contributed by atoms with E-state index in [1.165, 1.54) is 6.26 Å². The number of aliphatic hydroxyl groups excluding tert-OH is 1. The second-order valence-electron chi connectivity index (χ2n) is 2.84. The highest BCUT2D eigenvalue weighted by Gasteiger charge is 2.07. The molecular formula is C9H13NO4. The van der Waals surface area contributed by atoms with Gasteiger partial charge in [-0.05, 0) is 12.1 Å². The predicted molar refractivity (Wildman–Crippen MR) is 48.8 cm³/mol. The van der Waals surface area contributed by atoms with Crippen LogP contribution in [0.1, 0.15) is 17.0 Å². The molecule has 1 heterocycles. The van der Waals surface area contributed by atoms with Crippen LogP contribution in [0.25, 0.3) is 0 Å². The smallest absolute Gasteiger partial charge is 0.199 e. The molecule has 0 atom stereocenters. The number of ketones is 1. The van der Waals surface area contributed by atoms with Gasteiger partial charge in [-0.3, -0.25) is 4.79 Å². The summed E-state index contributed by atoms with van der Waals surface area (Å²) in [6.07, 6.45) is 0.340. The van der Waals surface area contributed by atoms with Gasteiger partial charge in [0.25, 0.3) is 0 Å². The standard InChI is InChI=1S/C9H13NO4/c11-7(8-2-1-5-14-8)3-4-10-6-9(12)13/h1-2,5,9-10,12-13H,3-4,6H2. The Morgan fingerprint density at radius 2 is 2.36 bits per heavy atom. The van der Waals surface area contributed by atoms with E-state index < -0.39 is 6.29 Å². The number of nitrogens with one attached hydrogen (secondary N) is 1. The molecule has 1 aromatic heterocycles. The van der Waals surface area contributed by atoms with Crippen molar-refractivity contribution in [1.29, 1.82) is 0 Å². The summed E-state index contributed by atoms with van der Waals surface area (Å²) < 4.78 is 4.90. The Kier molecular flexibility index (Phi) is 4.31. The summed E-state index contributed by atoms with van der Waals surface area (Å²) in [5.74, 6) is 0.228. The summed E-state index contributed by atoms with van der Waals surface area (Å²) in [7, 11) is 0. The molecule has 14 heavy (non-hydrogen) atoms. The quantitative estimate of drug-likeness (QED) is 0.334. The van der Waals surface area contributed by atoms with Gasteiger partial charge in [0.2, 0.25) is 0 Å². The number of hydrogen-bond donors (Lipinski definition) is 3. The lowest BCUT2D eigenvalue weighted by atomic mass is 10.2. The van der Waals surface area contributed by atoms with Crippen LogP contribution in [0.5, 0.6) is 0 Å². The third kappa shape index (κ3) is 3.69. The highest BCUT2D eigenvalue weighted by Crippen LogP contribution is 2.02. The van der Waals surface area contributed by atoms with Crippen LogP contribution in [-0.2, 0) is 0 Å². The van der Waals surface area contributed by atoms with Gasteiger partial charge in [0.05, 0.1) is 6.26 Å². The van der Waals surface area contributed by atoms with E-state index in [9.17, 15) is 4.79 Å². The van der Waals surface area contributed by atoms with Gasteiger partial charge in [-0.1, -0.05) is 0 Å². The molecule has 0 fully saturated rings. The summed E-state index contributed by atoms with van der Waals surface area (Å²) in [6, 6.07) is 3.25. The van der Waals surface area contributed by atoms with Crippen molar-refractivity contribution in [2.75, 3.05) is 13.1 Å². The lowest BCUT2D eigenvalue weighted by molar-refractivity contribution is -0.0370. The molecule has 0 unspecified atom stereocenters. The molecule has 0 aromatic carbocycles. The zero-order chi connectivity index (χ0) is 10.4. The largest absolute Gasteiger partial charge is 0.461 e. The summed E-state index contributed by atoms with van der Waals surface area (Å²) in [5, 5.41) is 19.7. The van der Waals surface area contributed by atoms with Crippen LogP contribution in [0.2, 0.25) is 0 Å². The Balaban J connectivity index is 2.16. The predicted octanol–water partition coefficient (Wildman–Crippen LogP) is -0.247. The number of carbonyl (C=O) groups excluding carboxylic acids is 1. The SMILES string of the molecule is O=C(CCNCC(O)O)c1ccco1. The minimum Gasteiger partial charge on any atom is -0.461 e. The Bertz CT molecular complexity index is 268. The first-order valence-electron chi connectivity index (χ1n) is 4.33. The number of hydrogen-bond acceptors (Lipinski definition) is 5. The third-order valence-corrected chi connectivity index (χ3v) is 1.65. The number of aliphatic hydroxyl groups is 2. The van der Waals surface area contributed by atoms with Crippen LogP contribution in [0, 0.1) is 0 Å². The molecule has 78 valence electrons. The normalized spacial score (nSPS) is 10.8. The fourth-order valence-corrected chi connectivity index (χ4v) is 0.994. The molecule has 0 bridgehead atoms. The number of carbonyl (C=O) groups is 1. The maximum atomic E-state index is 11.3. The first kappa shape index (κ1) is 10.9. The van der Waals surface area contributed by atoms with Crippen LogP contribution >= 0.6 is 0 Å². The first-order chi connectivity index (χ1) is 6.70. The minimum atomic E-state index is -1.38. The van der Waals surface area contributed by atoms with E-state index in [0.717, 1.165) is 0 Å². The Morgan fingerprint density at radius 3 is 2.93 bits per heavy atom. The molecule has 0 amide bonds. The van der Waals surface area contributed by atoms with Crippen molar-refractivity contribution in [1.82, 2.24) is 5.32 Å². The maximum Gasteiger partial charge on any atom is 0.199 e. The second-order valence-corrected chi connectivity index (χ2v) is 2.84. The molecule has 0 aliphatic heterocycles. The lowest BCUT2D eigenvalue weighted by Gasteiger charge is -2.04. The molecule has 0 spiro atoms. The molecule has 0 radical (unpaired) electrons. The fourth-order valence-electron chi connectivity index (χ4n) is 0.994. The van der Waals surface area contributed by atoms with E-state index in [1.54, 1.807) is 12.1 Å². The molecule has 0 saturated heterocycles. The first-order valence-corrected chi connectivity index (χ1v) is 4.33.